The van der Waals surface area contributed by atoms with Crippen LogP contribution in [0.25, 0.3) is 16.5 Å². The lowest BCUT2D eigenvalue weighted by Gasteiger charge is -2.28. The van der Waals surface area contributed by atoms with E-state index in [1.54, 1.807) is 65.4 Å². The van der Waals surface area contributed by atoms with Crippen molar-refractivity contribution < 1.29 is 19.8 Å². The highest BCUT2D eigenvalue weighted by molar-refractivity contribution is 6.07. The van der Waals surface area contributed by atoms with Gasteiger partial charge in [0.15, 0.2) is 5.60 Å². The second-order valence-electron chi connectivity index (χ2n) is 13.1. The first-order chi connectivity index (χ1) is 24.0. The van der Waals surface area contributed by atoms with Crippen molar-refractivity contribution in [1.82, 2.24) is 14.7 Å². The molecule has 2 heterocycles. The minimum atomic E-state index is -1.97. The molecule has 0 radical (unpaired) electrons. The standard InChI is InChI=1S/C41H46N4O5/c1-29(2)12-10-13-30(3)22-23-44-37-21-20-34(45-39(48)35-18-9-8-17-33(35)27-42-45)26-36(37)41(50,40(44)49)31(4)14-11-19-38(47)43(24-25-46)28-32-15-6-5-7-16-32/h5-9,11-12,14-18,20-22,26-27,31,46,50H,10,13,19,23-25,28H2,1-4H3/b14-11+,30-22+/t31-,41+/m0/s1. The van der Waals surface area contributed by atoms with Gasteiger partial charge in [-0.15, -0.1) is 0 Å². The maximum atomic E-state index is 14.2. The maximum absolute atomic E-state index is 14.2. The molecule has 4 aromatic rings. The van der Waals surface area contributed by atoms with E-state index in [1.807, 2.05) is 55.5 Å². The Morgan fingerprint density at radius 3 is 2.48 bits per heavy atom. The Morgan fingerprint density at radius 2 is 1.74 bits per heavy atom. The van der Waals surface area contributed by atoms with E-state index in [1.165, 1.54) is 10.3 Å². The lowest BCUT2D eigenvalue weighted by Crippen LogP contribution is -2.44. The summed E-state index contributed by atoms with van der Waals surface area (Å²) in [5, 5.41) is 27.6. The summed E-state index contributed by atoms with van der Waals surface area (Å²) in [6, 6.07) is 21.9. The van der Waals surface area contributed by atoms with Crippen LogP contribution in [0.15, 0.2) is 119 Å². The third-order valence-corrected chi connectivity index (χ3v) is 9.22. The fourth-order valence-electron chi connectivity index (χ4n) is 6.32. The Balaban J connectivity index is 1.45. The molecule has 1 aliphatic heterocycles. The van der Waals surface area contributed by atoms with Crippen molar-refractivity contribution in [3.63, 3.8) is 0 Å². The summed E-state index contributed by atoms with van der Waals surface area (Å²) in [7, 11) is 0. The van der Waals surface area contributed by atoms with E-state index in [0.717, 1.165) is 24.0 Å². The zero-order valence-electron chi connectivity index (χ0n) is 29.3. The molecule has 50 heavy (non-hydrogen) atoms. The fourth-order valence-corrected chi connectivity index (χ4v) is 6.32. The number of hydrogen-bond donors (Lipinski definition) is 2. The van der Waals surface area contributed by atoms with Crippen molar-refractivity contribution in [2.24, 2.45) is 5.92 Å². The molecule has 1 aliphatic rings. The zero-order valence-corrected chi connectivity index (χ0v) is 29.3. The first-order valence-electron chi connectivity index (χ1n) is 17.1. The van der Waals surface area contributed by atoms with Gasteiger partial charge in [0.1, 0.15) is 0 Å². The minimum absolute atomic E-state index is 0.0298. The van der Waals surface area contributed by atoms with Crippen LogP contribution in [0.2, 0.25) is 0 Å². The normalized spacial score (nSPS) is 16.6. The first kappa shape index (κ1) is 36.2. The van der Waals surface area contributed by atoms with Crippen molar-refractivity contribution in [1.29, 1.82) is 0 Å². The SMILES string of the molecule is CC(C)=CCC/C(C)=C/CN1C(=O)[C@@](O)([C@@H](C)/C=C/CC(=O)N(CCO)Cc2ccccc2)c2cc(-n3ncc4ccccc4c3=O)ccc21. The number of nitrogens with zero attached hydrogens (tertiary/aromatic N) is 4. The van der Waals surface area contributed by atoms with Gasteiger partial charge in [-0.1, -0.05) is 90.9 Å². The van der Waals surface area contributed by atoms with Gasteiger partial charge in [-0.25, -0.2) is 0 Å². The summed E-state index contributed by atoms with van der Waals surface area (Å²) in [5.41, 5.74) is 2.40. The van der Waals surface area contributed by atoms with Crippen LogP contribution in [0.3, 0.4) is 0 Å². The van der Waals surface area contributed by atoms with Crippen molar-refractivity contribution in [2.45, 2.75) is 59.1 Å². The van der Waals surface area contributed by atoms with Gasteiger partial charge in [-0.05, 0) is 63.4 Å². The predicted octanol–water partition coefficient (Wildman–Crippen LogP) is 6.22. The fraction of sp³-hybridized carbons (Fsp3) is 0.317. The second kappa shape index (κ2) is 16.1. The van der Waals surface area contributed by atoms with Crippen LogP contribution >= 0.6 is 0 Å². The van der Waals surface area contributed by atoms with Crippen LogP contribution in [0.5, 0.6) is 0 Å². The number of rotatable bonds is 14. The van der Waals surface area contributed by atoms with Crippen molar-refractivity contribution in [3.05, 3.63) is 136 Å². The number of hydrogen-bond acceptors (Lipinski definition) is 6. The Labute approximate surface area is 293 Å². The molecule has 9 heteroatoms. The highest BCUT2D eigenvalue weighted by Gasteiger charge is 2.52. The van der Waals surface area contributed by atoms with E-state index in [9.17, 15) is 24.6 Å². The minimum Gasteiger partial charge on any atom is -0.395 e. The van der Waals surface area contributed by atoms with E-state index >= 15 is 0 Å². The molecule has 2 atom stereocenters. The quantitative estimate of drug-likeness (QED) is 0.154. The number of amides is 2. The van der Waals surface area contributed by atoms with Gasteiger partial charge in [0, 0.05) is 42.9 Å². The third kappa shape index (κ3) is 7.85. The van der Waals surface area contributed by atoms with Crippen LogP contribution in [0.1, 0.15) is 58.1 Å². The highest BCUT2D eigenvalue weighted by Crippen LogP contribution is 2.46. The Bertz CT molecular complexity index is 1990. The van der Waals surface area contributed by atoms with E-state index in [4.69, 9.17) is 0 Å². The molecule has 260 valence electrons. The first-order valence-corrected chi connectivity index (χ1v) is 17.1. The molecule has 0 bridgehead atoms. The molecule has 0 saturated carbocycles. The number of aliphatic hydroxyl groups is 2. The monoisotopic (exact) mass is 674 g/mol. The summed E-state index contributed by atoms with van der Waals surface area (Å²) in [6.45, 7) is 8.57. The Kier molecular flexibility index (Phi) is 11.6. The van der Waals surface area contributed by atoms with Gasteiger partial charge in [0.25, 0.3) is 11.5 Å². The van der Waals surface area contributed by atoms with Gasteiger partial charge in [-0.3, -0.25) is 14.4 Å². The van der Waals surface area contributed by atoms with Crippen molar-refractivity contribution in [3.8, 4) is 5.69 Å². The van der Waals surface area contributed by atoms with Crippen LogP contribution < -0.4 is 10.5 Å². The zero-order chi connectivity index (χ0) is 35.8. The Hall–Kier alpha value is -5.12. The number of carbonyl (C=O) groups is 2. The molecule has 1 aromatic heterocycles. The summed E-state index contributed by atoms with van der Waals surface area (Å²) in [5.74, 6) is -1.39. The van der Waals surface area contributed by atoms with E-state index in [-0.39, 0.29) is 37.6 Å². The second-order valence-corrected chi connectivity index (χ2v) is 13.1. The van der Waals surface area contributed by atoms with Crippen molar-refractivity contribution in [2.75, 3.05) is 24.6 Å². The maximum Gasteiger partial charge on any atom is 0.279 e. The molecule has 2 N–H and O–H groups in total. The number of anilines is 1. The van der Waals surface area contributed by atoms with E-state index < -0.39 is 17.4 Å². The number of allylic oxidation sites excluding steroid dienone is 3. The molecule has 0 unspecified atom stereocenters. The molecule has 3 aromatic carbocycles. The predicted molar refractivity (Wildman–Crippen MR) is 198 cm³/mol. The lowest BCUT2D eigenvalue weighted by molar-refractivity contribution is -0.139. The number of fused-ring (bicyclic) bond motifs is 2. The highest BCUT2D eigenvalue weighted by atomic mass is 16.3. The molecule has 0 fully saturated rings. The van der Waals surface area contributed by atoms with E-state index in [0.29, 0.717) is 34.3 Å². The van der Waals surface area contributed by atoms with Gasteiger partial charge in [0.2, 0.25) is 5.91 Å². The van der Waals surface area contributed by atoms with Crippen LogP contribution in [0.4, 0.5) is 5.69 Å². The Morgan fingerprint density at radius 1 is 1.00 bits per heavy atom. The van der Waals surface area contributed by atoms with Crippen LogP contribution in [0, 0.1) is 5.92 Å². The smallest absolute Gasteiger partial charge is 0.279 e. The average Bonchev–Trinajstić information content (AvgIpc) is 3.33. The molecule has 9 nitrogen and oxygen atoms in total. The molecule has 2 amide bonds. The van der Waals surface area contributed by atoms with Gasteiger partial charge in [0.05, 0.1) is 29.6 Å². The summed E-state index contributed by atoms with van der Waals surface area (Å²) >= 11 is 0. The lowest BCUT2D eigenvalue weighted by atomic mass is 9.82. The molecular formula is C41H46N4O5. The molecule has 0 saturated heterocycles. The molecule has 0 spiro atoms. The number of benzene rings is 3. The van der Waals surface area contributed by atoms with Crippen LogP contribution in [-0.2, 0) is 21.7 Å². The molecule has 5 rings (SSSR count). The third-order valence-electron chi connectivity index (χ3n) is 9.22. The summed E-state index contributed by atoms with van der Waals surface area (Å²) in [6.07, 6.45) is 11.0. The summed E-state index contributed by atoms with van der Waals surface area (Å²) in [4.78, 5) is 44.1. The number of aromatic nitrogens is 2. The molecular weight excluding hydrogens is 628 g/mol. The number of carbonyl (C=O) groups excluding carboxylic acids is 2. The number of aliphatic hydroxyl groups excluding tert-OH is 1. The topological polar surface area (TPSA) is 116 Å². The van der Waals surface area contributed by atoms with Gasteiger partial charge in [-0.2, -0.15) is 9.78 Å². The average molecular weight is 675 g/mol. The van der Waals surface area contributed by atoms with Gasteiger partial charge >= 0.3 is 0 Å². The largest absolute Gasteiger partial charge is 0.395 e. The molecule has 0 aliphatic carbocycles. The van der Waals surface area contributed by atoms with Gasteiger partial charge < -0.3 is 20.0 Å². The van der Waals surface area contributed by atoms with Crippen molar-refractivity contribution >= 4 is 28.3 Å². The summed E-state index contributed by atoms with van der Waals surface area (Å²) < 4.78 is 1.28. The van der Waals surface area contributed by atoms with Crippen LogP contribution in [-0.4, -0.2) is 56.4 Å². The van der Waals surface area contributed by atoms with E-state index in [2.05, 4.69) is 25.0 Å².